The largest absolute Gasteiger partial charge is 0.494 e. The van der Waals surface area contributed by atoms with Gasteiger partial charge in [-0.15, -0.1) is 10.2 Å². The number of methoxy groups -OCH3 is 2. The van der Waals surface area contributed by atoms with E-state index in [9.17, 15) is 23.1 Å². The van der Waals surface area contributed by atoms with E-state index in [0.29, 0.717) is 24.3 Å². The number of aromatic nitrogens is 4. The monoisotopic (exact) mass is 561 g/mol. The summed E-state index contributed by atoms with van der Waals surface area (Å²) in [5.74, 6) is -0.434. The zero-order valence-electron chi connectivity index (χ0n) is 22.2. The quantitative estimate of drug-likeness (QED) is 0.406. The molecule has 1 aliphatic heterocycles. The highest BCUT2D eigenvalue weighted by atomic mass is 32.2. The molecule has 0 spiro atoms. The Bertz CT molecular complexity index is 1500. The van der Waals surface area contributed by atoms with Crippen molar-refractivity contribution in [3.05, 3.63) is 46.2 Å². The maximum absolute atomic E-state index is 13.8. The second kappa shape index (κ2) is 11.4. The molecule has 0 atom stereocenters. The molecular weight excluding hydrogens is 530 g/mol. The van der Waals surface area contributed by atoms with Crippen molar-refractivity contribution in [1.82, 2.24) is 24.6 Å². The van der Waals surface area contributed by atoms with E-state index in [4.69, 9.17) is 13.9 Å². The first-order valence-electron chi connectivity index (χ1n) is 12.5. The van der Waals surface area contributed by atoms with Gasteiger partial charge >= 0.3 is 11.8 Å². The molecule has 0 radical (unpaired) electrons. The van der Waals surface area contributed by atoms with E-state index >= 15 is 0 Å². The lowest BCUT2D eigenvalue weighted by atomic mass is 10.1. The normalized spacial score (nSPS) is 14.4. The van der Waals surface area contributed by atoms with E-state index in [-0.39, 0.29) is 49.2 Å². The Balaban J connectivity index is 1.75. The fraction of sp³-hybridized carbons (Fsp3) is 0.480. The molecule has 1 fully saturated rings. The van der Waals surface area contributed by atoms with Crippen LogP contribution >= 0.6 is 0 Å². The summed E-state index contributed by atoms with van der Waals surface area (Å²) in [6.45, 7) is 3.69. The van der Waals surface area contributed by atoms with Crippen LogP contribution in [0, 0.1) is 6.92 Å². The summed E-state index contributed by atoms with van der Waals surface area (Å²) in [6, 6.07) is 4.94. The summed E-state index contributed by atoms with van der Waals surface area (Å²) in [5, 5.41) is 17.8. The van der Waals surface area contributed by atoms with E-state index in [0.717, 1.165) is 6.42 Å². The van der Waals surface area contributed by atoms with Crippen LogP contribution in [0.1, 0.15) is 55.0 Å². The molecule has 1 N–H and O–H groups in total. The molecule has 1 aromatic carbocycles. The molecule has 3 aromatic rings. The van der Waals surface area contributed by atoms with Gasteiger partial charge in [-0.05, 0) is 31.4 Å². The average Bonchev–Trinajstić information content (AvgIpc) is 3.37. The van der Waals surface area contributed by atoms with Crippen molar-refractivity contribution in [1.29, 1.82) is 0 Å². The van der Waals surface area contributed by atoms with Gasteiger partial charge in [0.05, 0.1) is 19.5 Å². The second-order valence-corrected chi connectivity index (χ2v) is 11.3. The average molecular weight is 562 g/mol. The van der Waals surface area contributed by atoms with E-state index in [2.05, 4.69) is 15.2 Å². The molecule has 1 saturated heterocycles. The zero-order chi connectivity index (χ0) is 28.3. The maximum Gasteiger partial charge on any atom is 0.311 e. The number of aryl methyl sites for hydroxylation is 2. The first-order chi connectivity index (χ1) is 18.6. The number of amides is 1. The second-order valence-electron chi connectivity index (χ2n) is 9.10. The Kier molecular flexibility index (Phi) is 8.23. The van der Waals surface area contributed by atoms with Crippen molar-refractivity contribution in [3.8, 4) is 23.1 Å². The number of nitrogens with zero attached hydrogens (tertiary/aromatic N) is 5. The van der Waals surface area contributed by atoms with Crippen LogP contribution in [0.4, 0.5) is 0 Å². The molecular formula is C25H31N5O8S. The molecule has 4 rings (SSSR count). The Hall–Kier alpha value is -3.94. The smallest absolute Gasteiger partial charge is 0.311 e. The number of ether oxygens (including phenoxy) is 2. The van der Waals surface area contributed by atoms with Gasteiger partial charge in [0.25, 0.3) is 5.56 Å². The predicted octanol–water partition coefficient (Wildman–Crippen LogP) is 2.07. The van der Waals surface area contributed by atoms with Gasteiger partial charge in [-0.1, -0.05) is 19.4 Å². The Morgan fingerprint density at radius 1 is 1.15 bits per heavy atom. The molecule has 2 aromatic heterocycles. The molecule has 0 saturated carbocycles. The summed E-state index contributed by atoms with van der Waals surface area (Å²) in [5.41, 5.74) is -0.811. The molecule has 13 nitrogen and oxygen atoms in total. The van der Waals surface area contributed by atoms with Crippen LogP contribution in [-0.4, -0.2) is 76.6 Å². The molecule has 0 unspecified atom stereocenters. The van der Waals surface area contributed by atoms with Gasteiger partial charge in [0.1, 0.15) is 23.0 Å². The lowest BCUT2D eigenvalue weighted by Crippen LogP contribution is -2.43. The molecule has 1 aliphatic rings. The number of carbonyl (C=O) groups excluding carboxylic acids is 1. The first-order valence-corrected chi connectivity index (χ1v) is 14.1. The fourth-order valence-corrected chi connectivity index (χ4v) is 6.43. The summed E-state index contributed by atoms with van der Waals surface area (Å²) >= 11 is 0. The number of hydrogen-bond donors (Lipinski definition) is 1. The third-order valence-electron chi connectivity index (χ3n) is 6.64. The van der Waals surface area contributed by atoms with Gasteiger partial charge < -0.3 is 23.9 Å². The number of benzene rings is 1. The minimum absolute atomic E-state index is 0.0373. The van der Waals surface area contributed by atoms with Crippen molar-refractivity contribution in [2.24, 2.45) is 0 Å². The third kappa shape index (κ3) is 5.33. The third-order valence-corrected chi connectivity index (χ3v) is 8.91. The molecule has 210 valence electrons. The van der Waals surface area contributed by atoms with Crippen LogP contribution in [0.5, 0.6) is 17.4 Å². The van der Waals surface area contributed by atoms with E-state index < -0.39 is 37.3 Å². The summed E-state index contributed by atoms with van der Waals surface area (Å²) in [7, 11) is -1.50. The van der Waals surface area contributed by atoms with E-state index in [1.54, 1.807) is 25.1 Å². The van der Waals surface area contributed by atoms with Crippen molar-refractivity contribution in [2.75, 3.05) is 27.3 Å². The van der Waals surface area contributed by atoms with E-state index in [1.807, 2.05) is 6.92 Å². The van der Waals surface area contributed by atoms with Crippen LogP contribution in [0.15, 0.2) is 32.3 Å². The highest BCUT2D eigenvalue weighted by Crippen LogP contribution is 2.38. The standard InChI is InChI=1S/C25H31N5O8S/c1-5-6-10-19-26-22(31)21(24(32)30(19)20-17(36-3)8-7-9-18(20)37-4)39(34,35)16-11-13-29(14-12-16)25(33)23-28-27-15(2)38-23/h7-9,16,32H,5-6,10-14H2,1-4H3. The molecule has 3 heterocycles. The van der Waals surface area contributed by atoms with Gasteiger partial charge in [-0.3, -0.25) is 14.2 Å². The van der Waals surface area contributed by atoms with E-state index in [1.165, 1.54) is 23.7 Å². The van der Waals surface area contributed by atoms with Gasteiger partial charge in [0, 0.05) is 26.4 Å². The molecule has 14 heteroatoms. The van der Waals surface area contributed by atoms with Crippen molar-refractivity contribution >= 4 is 15.7 Å². The number of likely N-dealkylation sites (tertiary alicyclic amines) is 1. The van der Waals surface area contributed by atoms with Crippen molar-refractivity contribution in [3.63, 3.8) is 0 Å². The summed E-state index contributed by atoms with van der Waals surface area (Å²) < 4.78 is 44.9. The van der Waals surface area contributed by atoms with Crippen LogP contribution in [0.3, 0.4) is 0 Å². The molecule has 0 bridgehead atoms. The topological polar surface area (TPSA) is 167 Å². The van der Waals surface area contributed by atoms with Crippen LogP contribution in [0.2, 0.25) is 0 Å². The number of hydrogen-bond acceptors (Lipinski definition) is 11. The van der Waals surface area contributed by atoms with Crippen molar-refractivity contribution in [2.45, 2.75) is 56.1 Å². The number of sulfone groups is 1. The van der Waals surface area contributed by atoms with Crippen molar-refractivity contribution < 1.29 is 32.2 Å². The number of rotatable bonds is 9. The number of unbranched alkanes of at least 4 members (excludes halogenated alkanes) is 1. The number of para-hydroxylation sites is 1. The van der Waals surface area contributed by atoms with Crippen LogP contribution < -0.4 is 15.0 Å². The highest BCUT2D eigenvalue weighted by molar-refractivity contribution is 7.92. The first kappa shape index (κ1) is 28.1. The van der Waals surface area contributed by atoms with Crippen LogP contribution in [-0.2, 0) is 16.3 Å². The van der Waals surface area contributed by atoms with Gasteiger partial charge in [0.2, 0.25) is 11.8 Å². The number of aromatic hydroxyl groups is 1. The predicted molar refractivity (Wildman–Crippen MR) is 138 cm³/mol. The minimum atomic E-state index is -4.36. The lowest BCUT2D eigenvalue weighted by molar-refractivity contribution is 0.0683. The SMILES string of the molecule is CCCCc1nc(=O)c(S(=O)(=O)C2CCN(C(=O)c3nnc(C)o3)CC2)c(O)n1-c1c(OC)cccc1OC. The Morgan fingerprint density at radius 2 is 1.79 bits per heavy atom. The summed E-state index contributed by atoms with van der Waals surface area (Å²) in [6.07, 6.45) is 1.80. The Labute approximate surface area is 225 Å². The zero-order valence-corrected chi connectivity index (χ0v) is 23.0. The molecule has 39 heavy (non-hydrogen) atoms. The Morgan fingerprint density at radius 3 is 2.33 bits per heavy atom. The highest BCUT2D eigenvalue weighted by Gasteiger charge is 2.39. The van der Waals surface area contributed by atoms with Gasteiger partial charge in [-0.25, -0.2) is 8.42 Å². The number of carbonyl (C=O) groups is 1. The molecule has 1 amide bonds. The lowest BCUT2D eigenvalue weighted by Gasteiger charge is -2.31. The van der Waals surface area contributed by atoms with Gasteiger partial charge in [0.15, 0.2) is 14.7 Å². The van der Waals surface area contributed by atoms with Crippen LogP contribution in [0.25, 0.3) is 5.69 Å². The molecule has 0 aliphatic carbocycles. The summed E-state index contributed by atoms with van der Waals surface area (Å²) in [4.78, 5) is 30.5. The minimum Gasteiger partial charge on any atom is -0.494 e. The fourth-order valence-electron chi connectivity index (χ4n) is 4.63. The number of piperidine rings is 1. The van der Waals surface area contributed by atoms with Gasteiger partial charge in [-0.2, -0.15) is 4.98 Å². The maximum atomic E-state index is 13.8.